The number of allylic oxidation sites excluding steroid dienone is 1. The summed E-state index contributed by atoms with van der Waals surface area (Å²) in [7, 11) is 0. The molecule has 1 fully saturated rings. The Bertz CT molecular complexity index is 384. The van der Waals surface area contributed by atoms with Crippen LogP contribution in [0.3, 0.4) is 0 Å². The molecule has 0 N–H and O–H groups in total. The van der Waals surface area contributed by atoms with Gasteiger partial charge in [0.15, 0.2) is 11.6 Å². The molecule has 0 heterocycles. The van der Waals surface area contributed by atoms with Crippen molar-refractivity contribution in [3.05, 3.63) is 12.2 Å². The van der Waals surface area contributed by atoms with Crippen LogP contribution >= 0.6 is 0 Å². The average Bonchev–Trinajstić information content (AvgIpc) is 2.47. The highest BCUT2D eigenvalue weighted by atomic mass is 16.5. The summed E-state index contributed by atoms with van der Waals surface area (Å²) in [5.41, 5.74) is 0. The molecular weight excluding hydrogens is 268 g/mol. The van der Waals surface area contributed by atoms with Crippen molar-refractivity contribution in [1.29, 1.82) is 0 Å². The molecular formula is C17H26O4. The van der Waals surface area contributed by atoms with Crippen LogP contribution in [-0.2, 0) is 19.1 Å². The van der Waals surface area contributed by atoms with E-state index >= 15 is 0 Å². The average molecular weight is 294 g/mol. The number of ketones is 2. The number of unbranched alkanes of at least 4 members (excludes halogenated alkanes) is 5. The van der Waals surface area contributed by atoms with E-state index < -0.39 is 0 Å². The fraction of sp³-hybridized carbons (Fsp3) is 0.706. The largest absolute Gasteiger partial charge is 0.463 e. The standard InChI is InChI=1S/C17H26O4/c1-2-3-4-5-6-7-12-21-17(20)11-9-14-8-10-15(18)16(19)13-14/h9,11,14H,2-8,10,12-13H2,1H3. The molecule has 0 aliphatic heterocycles. The molecule has 118 valence electrons. The number of esters is 1. The molecule has 0 bridgehead atoms. The lowest BCUT2D eigenvalue weighted by Gasteiger charge is -2.15. The Morgan fingerprint density at radius 3 is 2.57 bits per heavy atom. The minimum Gasteiger partial charge on any atom is -0.463 e. The molecule has 1 aliphatic carbocycles. The number of carbonyl (C=O) groups is 3. The smallest absolute Gasteiger partial charge is 0.330 e. The predicted molar refractivity (Wildman–Crippen MR) is 80.8 cm³/mol. The molecule has 0 amide bonds. The Morgan fingerprint density at radius 2 is 1.86 bits per heavy atom. The summed E-state index contributed by atoms with van der Waals surface area (Å²) in [6.45, 7) is 2.64. The maximum Gasteiger partial charge on any atom is 0.330 e. The molecule has 0 saturated heterocycles. The zero-order valence-electron chi connectivity index (χ0n) is 12.9. The SMILES string of the molecule is CCCCCCCCOC(=O)C=CC1CCC(=O)C(=O)C1. The van der Waals surface area contributed by atoms with Crippen molar-refractivity contribution in [1.82, 2.24) is 0 Å². The van der Waals surface area contributed by atoms with Crippen molar-refractivity contribution in [2.75, 3.05) is 6.61 Å². The normalized spacial score (nSPS) is 19.2. The predicted octanol–water partition coefficient (Wildman–Crippen LogP) is 3.38. The fourth-order valence-electron chi connectivity index (χ4n) is 2.39. The van der Waals surface area contributed by atoms with Crippen LogP contribution in [-0.4, -0.2) is 24.1 Å². The molecule has 0 aromatic rings. The second kappa shape index (κ2) is 10.3. The second-order valence-electron chi connectivity index (χ2n) is 5.64. The van der Waals surface area contributed by atoms with E-state index in [2.05, 4.69) is 6.92 Å². The van der Waals surface area contributed by atoms with Gasteiger partial charge in [0.05, 0.1) is 6.61 Å². The molecule has 0 aromatic heterocycles. The Labute approximate surface area is 126 Å². The topological polar surface area (TPSA) is 60.4 Å². The Balaban J connectivity index is 2.09. The molecule has 21 heavy (non-hydrogen) atoms. The van der Waals surface area contributed by atoms with E-state index in [1.54, 1.807) is 6.08 Å². The molecule has 4 heteroatoms. The van der Waals surface area contributed by atoms with Gasteiger partial charge in [0.25, 0.3) is 0 Å². The van der Waals surface area contributed by atoms with Crippen LogP contribution in [0.2, 0.25) is 0 Å². The number of Topliss-reactive ketones (excluding diaryl/α,β-unsaturated/α-hetero) is 2. The molecule has 1 rings (SSSR count). The van der Waals surface area contributed by atoms with Crippen molar-refractivity contribution in [3.8, 4) is 0 Å². The minimum atomic E-state index is -0.354. The Morgan fingerprint density at radius 1 is 1.14 bits per heavy atom. The van der Waals surface area contributed by atoms with Gasteiger partial charge in [-0.25, -0.2) is 4.79 Å². The summed E-state index contributed by atoms with van der Waals surface area (Å²) < 4.78 is 5.11. The van der Waals surface area contributed by atoms with E-state index in [0.29, 0.717) is 19.4 Å². The number of rotatable bonds is 9. The quantitative estimate of drug-likeness (QED) is 0.283. The van der Waals surface area contributed by atoms with Crippen LogP contribution in [0.15, 0.2) is 12.2 Å². The Hall–Kier alpha value is -1.45. The van der Waals surface area contributed by atoms with Crippen molar-refractivity contribution in [2.24, 2.45) is 5.92 Å². The first kappa shape index (κ1) is 17.6. The van der Waals surface area contributed by atoms with E-state index in [1.165, 1.54) is 31.8 Å². The first-order valence-corrected chi connectivity index (χ1v) is 8.04. The molecule has 0 spiro atoms. The van der Waals surface area contributed by atoms with Crippen LogP contribution in [0.4, 0.5) is 0 Å². The zero-order valence-corrected chi connectivity index (χ0v) is 12.9. The van der Waals surface area contributed by atoms with Gasteiger partial charge in [-0.05, 0) is 18.8 Å². The van der Waals surface area contributed by atoms with Gasteiger partial charge >= 0.3 is 5.97 Å². The van der Waals surface area contributed by atoms with Gasteiger partial charge in [-0.15, -0.1) is 0 Å². The first-order chi connectivity index (χ1) is 10.1. The highest BCUT2D eigenvalue weighted by Crippen LogP contribution is 2.20. The van der Waals surface area contributed by atoms with Crippen LogP contribution < -0.4 is 0 Å². The van der Waals surface area contributed by atoms with Crippen LogP contribution in [0.5, 0.6) is 0 Å². The monoisotopic (exact) mass is 294 g/mol. The van der Waals surface area contributed by atoms with E-state index in [1.807, 2.05) is 0 Å². The number of ether oxygens (including phenoxy) is 1. The maximum absolute atomic E-state index is 11.5. The second-order valence-corrected chi connectivity index (χ2v) is 5.64. The van der Waals surface area contributed by atoms with Gasteiger partial charge in [-0.2, -0.15) is 0 Å². The van der Waals surface area contributed by atoms with Crippen molar-refractivity contribution >= 4 is 17.5 Å². The molecule has 1 aliphatic rings. The van der Waals surface area contributed by atoms with Gasteiger partial charge in [-0.1, -0.05) is 45.1 Å². The third-order valence-corrected chi connectivity index (χ3v) is 3.75. The maximum atomic E-state index is 11.5. The molecule has 4 nitrogen and oxygen atoms in total. The lowest BCUT2D eigenvalue weighted by Crippen LogP contribution is -2.23. The van der Waals surface area contributed by atoms with E-state index in [-0.39, 0.29) is 29.9 Å². The summed E-state index contributed by atoms with van der Waals surface area (Å²) in [5.74, 6) is -0.966. The van der Waals surface area contributed by atoms with Crippen molar-refractivity contribution in [3.63, 3.8) is 0 Å². The lowest BCUT2D eigenvalue weighted by atomic mass is 9.87. The summed E-state index contributed by atoms with van der Waals surface area (Å²) in [5, 5.41) is 0. The summed E-state index contributed by atoms with van der Waals surface area (Å²) in [6, 6.07) is 0. The van der Waals surface area contributed by atoms with Crippen LogP contribution in [0.25, 0.3) is 0 Å². The van der Waals surface area contributed by atoms with Gasteiger partial charge in [0.2, 0.25) is 0 Å². The number of hydrogen-bond donors (Lipinski definition) is 0. The molecule has 1 unspecified atom stereocenters. The third kappa shape index (κ3) is 7.78. The van der Waals surface area contributed by atoms with Gasteiger partial charge in [-0.3, -0.25) is 9.59 Å². The minimum absolute atomic E-state index is 0.00297. The van der Waals surface area contributed by atoms with Gasteiger partial charge in [0, 0.05) is 18.9 Å². The summed E-state index contributed by atoms with van der Waals surface area (Å²) >= 11 is 0. The van der Waals surface area contributed by atoms with Crippen molar-refractivity contribution in [2.45, 2.75) is 64.7 Å². The Kier molecular flexibility index (Phi) is 8.63. The summed E-state index contributed by atoms with van der Waals surface area (Å²) in [4.78, 5) is 33.9. The fourth-order valence-corrected chi connectivity index (χ4v) is 2.39. The van der Waals surface area contributed by atoms with Crippen molar-refractivity contribution < 1.29 is 19.1 Å². The van der Waals surface area contributed by atoms with Gasteiger partial charge < -0.3 is 4.74 Å². The van der Waals surface area contributed by atoms with E-state index in [0.717, 1.165) is 12.8 Å². The lowest BCUT2D eigenvalue weighted by molar-refractivity contribution is -0.138. The molecule has 0 aromatic carbocycles. The third-order valence-electron chi connectivity index (χ3n) is 3.75. The molecule has 1 atom stereocenters. The number of carbonyl (C=O) groups excluding carboxylic acids is 3. The van der Waals surface area contributed by atoms with E-state index in [9.17, 15) is 14.4 Å². The van der Waals surface area contributed by atoms with Gasteiger partial charge in [0.1, 0.15) is 0 Å². The molecule has 0 radical (unpaired) electrons. The number of hydrogen-bond acceptors (Lipinski definition) is 4. The van der Waals surface area contributed by atoms with E-state index in [4.69, 9.17) is 4.74 Å². The zero-order chi connectivity index (χ0) is 15.5. The highest BCUT2D eigenvalue weighted by Gasteiger charge is 2.24. The first-order valence-electron chi connectivity index (χ1n) is 8.04. The summed E-state index contributed by atoms with van der Waals surface area (Å²) in [6.07, 6.45) is 11.2. The molecule has 1 saturated carbocycles. The highest BCUT2D eigenvalue weighted by molar-refractivity contribution is 6.37. The van der Waals surface area contributed by atoms with Crippen LogP contribution in [0.1, 0.15) is 64.7 Å². The van der Waals surface area contributed by atoms with Crippen LogP contribution in [0, 0.1) is 5.92 Å².